The van der Waals surface area contributed by atoms with Crippen molar-refractivity contribution in [3.8, 4) is 5.75 Å². The van der Waals surface area contributed by atoms with Crippen LogP contribution in [0.4, 0.5) is 0 Å². The monoisotopic (exact) mass is 275 g/mol. The molecule has 19 heavy (non-hydrogen) atoms. The highest BCUT2D eigenvalue weighted by molar-refractivity contribution is 7.10. The summed E-state index contributed by atoms with van der Waals surface area (Å²) in [5, 5.41) is 5.75. The van der Waals surface area contributed by atoms with Gasteiger partial charge in [0.05, 0.1) is 7.11 Å². The molecule has 2 nitrogen and oxygen atoms in total. The minimum atomic E-state index is 0.393. The van der Waals surface area contributed by atoms with Crippen LogP contribution < -0.4 is 10.1 Å². The van der Waals surface area contributed by atoms with Crippen LogP contribution in [-0.4, -0.2) is 13.7 Å². The first kappa shape index (κ1) is 14.1. The maximum Gasteiger partial charge on any atom is 0.118 e. The zero-order valence-corrected chi connectivity index (χ0v) is 12.6. The predicted octanol–water partition coefficient (Wildman–Crippen LogP) is 3.96. The van der Waals surface area contributed by atoms with E-state index in [-0.39, 0.29) is 0 Å². The van der Waals surface area contributed by atoms with Crippen molar-refractivity contribution in [1.82, 2.24) is 5.32 Å². The van der Waals surface area contributed by atoms with E-state index in [1.165, 1.54) is 16.0 Å². The zero-order valence-electron chi connectivity index (χ0n) is 11.8. The number of methoxy groups -OCH3 is 1. The first-order valence-electron chi connectivity index (χ1n) is 6.65. The lowest BCUT2D eigenvalue weighted by molar-refractivity contribution is 0.414. The van der Waals surface area contributed by atoms with Crippen LogP contribution in [0.2, 0.25) is 0 Å². The molecule has 1 aromatic carbocycles. The van der Waals surface area contributed by atoms with Crippen LogP contribution in [0.3, 0.4) is 0 Å². The Labute approximate surface area is 119 Å². The van der Waals surface area contributed by atoms with Crippen molar-refractivity contribution >= 4 is 11.3 Å². The second-order valence-corrected chi connectivity index (χ2v) is 5.71. The predicted molar refractivity (Wildman–Crippen MR) is 82.2 cm³/mol. The van der Waals surface area contributed by atoms with Gasteiger partial charge in [0.25, 0.3) is 0 Å². The topological polar surface area (TPSA) is 21.3 Å². The fraction of sp³-hybridized carbons (Fsp3) is 0.375. The number of hydrogen-bond acceptors (Lipinski definition) is 3. The molecule has 0 amide bonds. The molecule has 0 spiro atoms. The molecule has 1 aromatic heterocycles. The average Bonchev–Trinajstić information content (AvgIpc) is 2.85. The molecule has 2 rings (SSSR count). The summed E-state index contributed by atoms with van der Waals surface area (Å²) in [4.78, 5) is 1.40. The summed E-state index contributed by atoms with van der Waals surface area (Å²) >= 11 is 1.82. The van der Waals surface area contributed by atoms with Crippen molar-refractivity contribution in [3.05, 3.63) is 51.7 Å². The molecule has 0 aliphatic heterocycles. The van der Waals surface area contributed by atoms with E-state index in [0.717, 1.165) is 18.7 Å². The van der Waals surface area contributed by atoms with Crippen LogP contribution in [-0.2, 0) is 6.42 Å². The molecule has 1 unspecified atom stereocenters. The van der Waals surface area contributed by atoms with E-state index in [0.29, 0.717) is 6.04 Å². The Morgan fingerprint density at radius 2 is 1.95 bits per heavy atom. The van der Waals surface area contributed by atoms with Crippen LogP contribution in [0.5, 0.6) is 5.75 Å². The molecule has 0 fully saturated rings. The number of likely N-dealkylation sites (N-methyl/N-ethyl adjacent to an activating group) is 1. The molecule has 0 saturated carbocycles. The molecule has 2 aromatic rings. The number of ether oxygens (including phenoxy) is 1. The lowest BCUT2D eigenvalue weighted by Crippen LogP contribution is -2.23. The third-order valence-corrected chi connectivity index (χ3v) is 4.19. The van der Waals surface area contributed by atoms with E-state index in [2.05, 4.69) is 42.7 Å². The summed E-state index contributed by atoms with van der Waals surface area (Å²) in [5.74, 6) is 0.912. The van der Waals surface area contributed by atoms with Crippen molar-refractivity contribution in [2.24, 2.45) is 0 Å². The minimum Gasteiger partial charge on any atom is -0.497 e. The number of thiophene rings is 1. The summed E-state index contributed by atoms with van der Waals surface area (Å²) in [7, 11) is 1.70. The van der Waals surface area contributed by atoms with Crippen molar-refractivity contribution in [3.63, 3.8) is 0 Å². The fourth-order valence-electron chi connectivity index (χ4n) is 2.29. The third-order valence-electron chi connectivity index (χ3n) is 3.32. The van der Waals surface area contributed by atoms with E-state index < -0.39 is 0 Å². The highest BCUT2D eigenvalue weighted by Crippen LogP contribution is 2.26. The SMILES string of the molecule is CCNC(Cc1ccc(OC)cc1)c1ccsc1C. The van der Waals surface area contributed by atoms with Crippen molar-refractivity contribution in [2.75, 3.05) is 13.7 Å². The molecule has 1 N–H and O–H groups in total. The average molecular weight is 275 g/mol. The number of benzene rings is 1. The molecular weight excluding hydrogens is 254 g/mol. The van der Waals surface area contributed by atoms with Gasteiger partial charge >= 0.3 is 0 Å². The Morgan fingerprint density at radius 3 is 2.47 bits per heavy atom. The van der Waals surface area contributed by atoms with Gasteiger partial charge < -0.3 is 10.1 Å². The van der Waals surface area contributed by atoms with E-state index in [1.54, 1.807) is 7.11 Å². The highest BCUT2D eigenvalue weighted by Gasteiger charge is 2.14. The maximum absolute atomic E-state index is 5.20. The fourth-order valence-corrected chi connectivity index (χ4v) is 3.06. The van der Waals surface area contributed by atoms with Crippen LogP contribution in [0.1, 0.15) is 29.0 Å². The second-order valence-electron chi connectivity index (χ2n) is 4.59. The summed E-state index contributed by atoms with van der Waals surface area (Å²) in [6.07, 6.45) is 1.01. The zero-order chi connectivity index (χ0) is 13.7. The molecule has 1 atom stereocenters. The molecule has 0 aliphatic rings. The molecule has 0 bridgehead atoms. The van der Waals surface area contributed by atoms with Gasteiger partial charge in [0.2, 0.25) is 0 Å². The molecule has 0 aliphatic carbocycles. The van der Waals surface area contributed by atoms with Gasteiger partial charge in [-0.3, -0.25) is 0 Å². The Hall–Kier alpha value is -1.32. The highest BCUT2D eigenvalue weighted by atomic mass is 32.1. The number of rotatable bonds is 6. The molecule has 3 heteroatoms. The standard InChI is InChI=1S/C16H21NOS/c1-4-17-16(15-9-10-19-12(15)2)11-13-5-7-14(18-3)8-6-13/h5-10,16-17H,4,11H2,1-3H3. The molecule has 102 valence electrons. The van der Waals surface area contributed by atoms with Gasteiger partial charge in [0.1, 0.15) is 5.75 Å². The van der Waals surface area contributed by atoms with Crippen LogP contribution in [0.15, 0.2) is 35.7 Å². The maximum atomic E-state index is 5.20. The Morgan fingerprint density at radius 1 is 1.21 bits per heavy atom. The molecular formula is C16H21NOS. The Bertz CT molecular complexity index is 504. The smallest absolute Gasteiger partial charge is 0.118 e. The first-order chi connectivity index (χ1) is 9.24. The van der Waals surface area contributed by atoms with Gasteiger partial charge in [-0.25, -0.2) is 0 Å². The van der Waals surface area contributed by atoms with Crippen LogP contribution in [0, 0.1) is 6.92 Å². The summed E-state index contributed by atoms with van der Waals surface area (Å²) in [6, 6.07) is 11.0. The van der Waals surface area contributed by atoms with E-state index in [1.807, 2.05) is 23.5 Å². The van der Waals surface area contributed by atoms with E-state index in [9.17, 15) is 0 Å². The van der Waals surface area contributed by atoms with Crippen LogP contribution >= 0.6 is 11.3 Å². The van der Waals surface area contributed by atoms with E-state index >= 15 is 0 Å². The molecule has 0 saturated heterocycles. The molecule has 0 radical (unpaired) electrons. The normalized spacial score (nSPS) is 12.4. The van der Waals surface area contributed by atoms with Crippen molar-refractivity contribution in [2.45, 2.75) is 26.3 Å². The number of nitrogens with one attached hydrogen (secondary N) is 1. The lowest BCUT2D eigenvalue weighted by atomic mass is 9.99. The summed E-state index contributed by atoms with van der Waals surface area (Å²) in [5.41, 5.74) is 2.75. The number of aryl methyl sites for hydroxylation is 1. The Balaban J connectivity index is 2.14. The van der Waals surface area contributed by atoms with Gasteiger partial charge in [-0.05, 0) is 54.6 Å². The summed E-state index contributed by atoms with van der Waals surface area (Å²) in [6.45, 7) is 5.33. The minimum absolute atomic E-state index is 0.393. The summed E-state index contributed by atoms with van der Waals surface area (Å²) < 4.78 is 5.20. The molecule has 1 heterocycles. The van der Waals surface area contributed by atoms with Crippen LogP contribution in [0.25, 0.3) is 0 Å². The lowest BCUT2D eigenvalue weighted by Gasteiger charge is -2.18. The van der Waals surface area contributed by atoms with Gasteiger partial charge in [0, 0.05) is 10.9 Å². The Kier molecular flexibility index (Phi) is 5.00. The number of hydrogen-bond donors (Lipinski definition) is 1. The van der Waals surface area contributed by atoms with Crippen molar-refractivity contribution in [1.29, 1.82) is 0 Å². The van der Waals surface area contributed by atoms with Crippen molar-refractivity contribution < 1.29 is 4.74 Å². The third kappa shape index (κ3) is 3.58. The van der Waals surface area contributed by atoms with Gasteiger partial charge in [-0.2, -0.15) is 0 Å². The van der Waals surface area contributed by atoms with Gasteiger partial charge in [-0.1, -0.05) is 19.1 Å². The van der Waals surface area contributed by atoms with E-state index in [4.69, 9.17) is 4.74 Å². The second kappa shape index (κ2) is 6.73. The van der Waals surface area contributed by atoms with Gasteiger partial charge in [-0.15, -0.1) is 11.3 Å². The quantitative estimate of drug-likeness (QED) is 0.861. The van der Waals surface area contributed by atoms with Gasteiger partial charge in [0.15, 0.2) is 0 Å². The largest absolute Gasteiger partial charge is 0.497 e. The first-order valence-corrected chi connectivity index (χ1v) is 7.53.